The summed E-state index contributed by atoms with van der Waals surface area (Å²) in [5, 5.41) is 3.21. The molecule has 0 unspecified atom stereocenters. The van der Waals surface area contributed by atoms with Gasteiger partial charge in [-0.05, 0) is 19.1 Å². The third-order valence-electron chi connectivity index (χ3n) is 3.12. The van der Waals surface area contributed by atoms with Gasteiger partial charge in [0.2, 0.25) is 0 Å². The molecule has 1 aromatic carbocycles. The Labute approximate surface area is 103 Å². The minimum atomic E-state index is -3.17. The molecule has 0 saturated carbocycles. The highest BCUT2D eigenvalue weighted by Gasteiger charge is 2.26. The lowest BCUT2D eigenvalue weighted by Crippen LogP contribution is -2.57. The van der Waals surface area contributed by atoms with Crippen molar-refractivity contribution in [3.63, 3.8) is 0 Å². The van der Waals surface area contributed by atoms with E-state index in [1.54, 1.807) is 12.1 Å². The van der Waals surface area contributed by atoms with E-state index in [9.17, 15) is 8.42 Å². The van der Waals surface area contributed by atoms with E-state index >= 15 is 0 Å². The van der Waals surface area contributed by atoms with E-state index in [1.165, 1.54) is 6.26 Å². The van der Waals surface area contributed by atoms with Gasteiger partial charge in [-0.3, -0.25) is 0 Å². The predicted octanol–water partition coefficient (Wildman–Crippen LogP) is 0.888. The predicted molar refractivity (Wildman–Crippen MR) is 69.2 cm³/mol. The average Bonchev–Trinajstić information content (AvgIpc) is 2.22. The van der Waals surface area contributed by atoms with Crippen molar-refractivity contribution in [3.8, 4) is 0 Å². The van der Waals surface area contributed by atoms with Crippen molar-refractivity contribution in [1.29, 1.82) is 0 Å². The zero-order valence-electron chi connectivity index (χ0n) is 10.2. The Morgan fingerprint density at radius 2 is 2.00 bits per heavy atom. The van der Waals surface area contributed by atoms with Gasteiger partial charge in [0.05, 0.1) is 16.6 Å². The molecule has 0 aliphatic carbocycles. The fraction of sp³-hybridized carbons (Fsp3) is 0.500. The summed E-state index contributed by atoms with van der Waals surface area (Å²) >= 11 is 0. The Hall–Kier alpha value is -1.07. The van der Waals surface area contributed by atoms with Crippen LogP contribution in [-0.4, -0.2) is 40.3 Å². The topological polar surface area (TPSA) is 49.4 Å². The molecule has 4 nitrogen and oxygen atoms in total. The quantitative estimate of drug-likeness (QED) is 0.867. The second kappa shape index (κ2) is 4.66. The maximum atomic E-state index is 11.8. The zero-order chi connectivity index (χ0) is 12.5. The number of benzene rings is 1. The summed E-state index contributed by atoms with van der Waals surface area (Å²) in [6, 6.07) is 7.63. The number of nitrogens with zero attached hydrogens (tertiary/aromatic N) is 1. The number of nitrogens with one attached hydrogen (secondary N) is 1. The highest BCUT2D eigenvalue weighted by Crippen LogP contribution is 2.27. The number of hydrogen-bond donors (Lipinski definition) is 1. The van der Waals surface area contributed by atoms with Gasteiger partial charge in [0.15, 0.2) is 9.84 Å². The van der Waals surface area contributed by atoms with E-state index in [0.717, 1.165) is 25.3 Å². The first-order valence-corrected chi connectivity index (χ1v) is 7.69. The van der Waals surface area contributed by atoms with Crippen LogP contribution in [-0.2, 0) is 9.84 Å². The van der Waals surface area contributed by atoms with Gasteiger partial charge < -0.3 is 10.2 Å². The van der Waals surface area contributed by atoms with Crippen LogP contribution >= 0.6 is 0 Å². The summed E-state index contributed by atoms with van der Waals surface area (Å²) in [4.78, 5) is 2.58. The molecule has 1 fully saturated rings. The molecule has 0 spiro atoms. The minimum Gasteiger partial charge on any atom is -0.365 e. The SMILES string of the molecule is CCN(c1ccccc1S(C)(=O)=O)C1CNC1. The molecule has 1 aliphatic heterocycles. The molecule has 1 saturated heterocycles. The molecule has 0 aromatic heterocycles. The Kier molecular flexibility index (Phi) is 3.40. The van der Waals surface area contributed by atoms with Crippen molar-refractivity contribution in [3.05, 3.63) is 24.3 Å². The summed E-state index contributed by atoms with van der Waals surface area (Å²) < 4.78 is 23.5. The first-order chi connectivity index (χ1) is 8.04. The van der Waals surface area contributed by atoms with Crippen LogP contribution in [0.2, 0.25) is 0 Å². The van der Waals surface area contributed by atoms with Crippen molar-refractivity contribution in [1.82, 2.24) is 5.32 Å². The summed E-state index contributed by atoms with van der Waals surface area (Å²) in [6.45, 7) is 4.72. The maximum Gasteiger partial charge on any atom is 0.177 e. The molecule has 0 atom stereocenters. The zero-order valence-corrected chi connectivity index (χ0v) is 11.0. The molecule has 1 heterocycles. The highest BCUT2D eigenvalue weighted by atomic mass is 32.2. The molecule has 2 rings (SSSR count). The highest BCUT2D eigenvalue weighted by molar-refractivity contribution is 7.90. The summed E-state index contributed by atoms with van der Waals surface area (Å²) in [6.07, 6.45) is 1.26. The van der Waals surface area contributed by atoms with Gasteiger partial charge in [-0.1, -0.05) is 12.1 Å². The van der Waals surface area contributed by atoms with Crippen LogP contribution in [0.4, 0.5) is 5.69 Å². The minimum absolute atomic E-state index is 0.405. The van der Waals surface area contributed by atoms with Gasteiger partial charge in [0.1, 0.15) is 0 Å². The first-order valence-electron chi connectivity index (χ1n) is 5.80. The fourth-order valence-electron chi connectivity index (χ4n) is 2.13. The van der Waals surface area contributed by atoms with Crippen molar-refractivity contribution in [2.75, 3.05) is 30.8 Å². The second-order valence-corrected chi connectivity index (χ2v) is 6.32. The largest absolute Gasteiger partial charge is 0.365 e. The molecule has 1 N–H and O–H groups in total. The number of para-hydroxylation sites is 1. The summed E-state index contributed by atoms with van der Waals surface area (Å²) in [7, 11) is -3.17. The third kappa shape index (κ3) is 2.45. The average molecular weight is 254 g/mol. The van der Waals surface area contributed by atoms with E-state index in [4.69, 9.17) is 0 Å². The van der Waals surface area contributed by atoms with Crippen molar-refractivity contribution >= 4 is 15.5 Å². The molecular formula is C12H18N2O2S. The molecule has 17 heavy (non-hydrogen) atoms. The molecule has 1 aliphatic rings. The van der Waals surface area contributed by atoms with E-state index in [1.807, 2.05) is 12.1 Å². The molecule has 5 heteroatoms. The lowest BCUT2D eigenvalue weighted by molar-refractivity contribution is 0.416. The second-order valence-electron chi connectivity index (χ2n) is 4.34. The normalized spacial score (nSPS) is 16.6. The number of likely N-dealkylation sites (N-methyl/N-ethyl adjacent to an activating group) is 1. The van der Waals surface area contributed by atoms with Crippen LogP contribution < -0.4 is 10.2 Å². The molecule has 0 bridgehead atoms. The van der Waals surface area contributed by atoms with Crippen LogP contribution in [0.25, 0.3) is 0 Å². The maximum absolute atomic E-state index is 11.8. The van der Waals surface area contributed by atoms with Gasteiger partial charge in [-0.2, -0.15) is 0 Å². The number of rotatable bonds is 4. The summed E-state index contributed by atoms with van der Waals surface area (Å²) in [5.41, 5.74) is 0.823. The van der Waals surface area contributed by atoms with Crippen LogP contribution in [0.5, 0.6) is 0 Å². The molecule has 94 valence electrons. The molecule has 0 amide bonds. The van der Waals surface area contributed by atoms with Gasteiger partial charge in [0.25, 0.3) is 0 Å². The first kappa shape index (κ1) is 12.4. The van der Waals surface area contributed by atoms with Crippen molar-refractivity contribution in [2.24, 2.45) is 0 Å². The monoisotopic (exact) mass is 254 g/mol. The van der Waals surface area contributed by atoms with Gasteiger partial charge >= 0.3 is 0 Å². The Morgan fingerprint density at radius 3 is 2.47 bits per heavy atom. The number of hydrogen-bond acceptors (Lipinski definition) is 4. The van der Waals surface area contributed by atoms with Crippen molar-refractivity contribution < 1.29 is 8.42 Å². The number of anilines is 1. The van der Waals surface area contributed by atoms with Gasteiger partial charge in [-0.15, -0.1) is 0 Å². The Bertz CT molecular complexity index is 495. The Balaban J connectivity index is 2.42. The fourth-order valence-corrected chi connectivity index (χ4v) is 3.02. The van der Waals surface area contributed by atoms with Crippen molar-refractivity contribution in [2.45, 2.75) is 17.9 Å². The van der Waals surface area contributed by atoms with Crippen LogP contribution in [0, 0.1) is 0 Å². The standard InChI is InChI=1S/C12H18N2O2S/c1-3-14(10-8-13-9-10)11-6-4-5-7-12(11)17(2,15)16/h4-7,10,13H,3,8-9H2,1-2H3. The van der Waals surface area contributed by atoms with Gasteiger partial charge in [0, 0.05) is 25.9 Å². The van der Waals surface area contributed by atoms with E-state index in [0.29, 0.717) is 10.9 Å². The lowest BCUT2D eigenvalue weighted by atomic mass is 10.1. The Morgan fingerprint density at radius 1 is 1.35 bits per heavy atom. The van der Waals surface area contributed by atoms with Gasteiger partial charge in [-0.25, -0.2) is 8.42 Å². The van der Waals surface area contributed by atoms with E-state index < -0.39 is 9.84 Å². The van der Waals surface area contributed by atoms with Crippen LogP contribution in [0.1, 0.15) is 6.92 Å². The lowest BCUT2D eigenvalue weighted by Gasteiger charge is -2.39. The molecule has 0 radical (unpaired) electrons. The third-order valence-corrected chi connectivity index (χ3v) is 4.26. The van der Waals surface area contributed by atoms with E-state index in [2.05, 4.69) is 17.1 Å². The van der Waals surface area contributed by atoms with Crippen LogP contribution in [0.3, 0.4) is 0 Å². The molecular weight excluding hydrogens is 236 g/mol. The van der Waals surface area contributed by atoms with Crippen LogP contribution in [0.15, 0.2) is 29.2 Å². The van der Waals surface area contributed by atoms with E-state index in [-0.39, 0.29) is 0 Å². The number of sulfone groups is 1. The summed E-state index contributed by atoms with van der Waals surface area (Å²) in [5.74, 6) is 0. The smallest absolute Gasteiger partial charge is 0.177 e. The molecule has 1 aromatic rings.